The molecule has 1 N–H and O–H groups in total. The van der Waals surface area contributed by atoms with Crippen LogP contribution in [0.1, 0.15) is 63.1 Å². The summed E-state index contributed by atoms with van der Waals surface area (Å²) in [5.41, 5.74) is -0.605. The van der Waals surface area contributed by atoms with Crippen LogP contribution < -0.4 is 5.32 Å². The summed E-state index contributed by atoms with van der Waals surface area (Å²) in [5, 5.41) is 7.05. The molecule has 1 aliphatic carbocycles. The maximum absolute atomic E-state index is 12.4. The highest BCUT2D eigenvalue weighted by Gasteiger charge is 2.39. The van der Waals surface area contributed by atoms with Gasteiger partial charge in [-0.25, -0.2) is 0 Å². The lowest BCUT2D eigenvalue weighted by atomic mass is 9.81. The largest absolute Gasteiger partial charge is 0.343 e. The number of likely N-dealkylation sites (tertiary alicyclic amines) is 1. The van der Waals surface area contributed by atoms with Gasteiger partial charge in [0.2, 0.25) is 23.6 Å². The Bertz CT molecular complexity index is 632. The zero-order valence-corrected chi connectivity index (χ0v) is 13.8. The van der Waals surface area contributed by atoms with E-state index in [0.717, 1.165) is 32.1 Å². The first-order chi connectivity index (χ1) is 11.5. The van der Waals surface area contributed by atoms with E-state index in [1.54, 1.807) is 6.92 Å². The van der Waals surface area contributed by atoms with Gasteiger partial charge < -0.3 is 9.84 Å². The van der Waals surface area contributed by atoms with E-state index in [0.29, 0.717) is 11.7 Å². The third kappa shape index (κ3) is 3.32. The van der Waals surface area contributed by atoms with Crippen LogP contribution in [0.2, 0.25) is 0 Å². The lowest BCUT2D eigenvalue weighted by molar-refractivity contribution is -0.138. The number of carbonyl (C=O) groups is 3. The first kappa shape index (κ1) is 16.6. The van der Waals surface area contributed by atoms with Crippen LogP contribution in [0.15, 0.2) is 4.52 Å². The number of aryl methyl sites for hydroxylation is 1. The van der Waals surface area contributed by atoms with Gasteiger partial charge in [-0.3, -0.25) is 19.3 Å². The summed E-state index contributed by atoms with van der Waals surface area (Å²) < 4.78 is 5.08. The second-order valence-electron chi connectivity index (χ2n) is 6.52. The molecule has 0 atom stereocenters. The smallest absolute Gasteiger partial charge is 0.229 e. The highest BCUT2D eigenvalue weighted by molar-refractivity contribution is 6.02. The predicted molar refractivity (Wildman–Crippen MR) is 82.5 cm³/mol. The topological polar surface area (TPSA) is 105 Å². The van der Waals surface area contributed by atoms with Crippen LogP contribution in [0.4, 0.5) is 0 Å². The number of aromatic nitrogens is 2. The maximum Gasteiger partial charge on any atom is 0.229 e. The molecule has 0 radical (unpaired) electrons. The zero-order valence-electron chi connectivity index (χ0n) is 13.8. The predicted octanol–water partition coefficient (Wildman–Crippen LogP) is 1.19. The molecule has 2 fully saturated rings. The van der Waals surface area contributed by atoms with Crippen LogP contribution >= 0.6 is 0 Å². The average Bonchev–Trinajstić information content (AvgIpc) is 3.13. The molecule has 8 heteroatoms. The van der Waals surface area contributed by atoms with Crippen molar-refractivity contribution in [2.45, 2.75) is 63.8 Å². The summed E-state index contributed by atoms with van der Waals surface area (Å²) in [6, 6.07) is 0. The Balaban J connectivity index is 1.65. The number of hydrogen-bond donors (Lipinski definition) is 1. The van der Waals surface area contributed by atoms with Gasteiger partial charge in [-0.2, -0.15) is 4.98 Å². The van der Waals surface area contributed by atoms with Gasteiger partial charge in [0, 0.05) is 32.7 Å². The van der Waals surface area contributed by atoms with Gasteiger partial charge in [-0.05, 0) is 12.8 Å². The molecule has 0 bridgehead atoms. The fourth-order valence-electron chi connectivity index (χ4n) is 3.47. The fraction of sp³-hybridized carbons (Fsp3) is 0.688. The van der Waals surface area contributed by atoms with E-state index in [-0.39, 0.29) is 43.5 Å². The highest BCUT2D eigenvalue weighted by Crippen LogP contribution is 2.35. The normalized spacial score (nSPS) is 20.5. The zero-order chi connectivity index (χ0) is 17.2. The summed E-state index contributed by atoms with van der Waals surface area (Å²) in [5.74, 6) is 0.383. The standard InChI is InChI=1S/C16H22N4O4/c1-11-17-15(19-24-11)16(8-3-2-4-9-16)18-12(21)7-10-20-13(22)5-6-14(20)23/h2-10H2,1H3,(H,18,21). The molecule has 2 heterocycles. The Morgan fingerprint density at radius 2 is 1.88 bits per heavy atom. The third-order valence-corrected chi connectivity index (χ3v) is 4.76. The Morgan fingerprint density at radius 1 is 1.21 bits per heavy atom. The molecule has 1 aliphatic heterocycles. The lowest BCUT2D eigenvalue weighted by Gasteiger charge is -2.35. The van der Waals surface area contributed by atoms with Crippen molar-refractivity contribution < 1.29 is 18.9 Å². The molecular weight excluding hydrogens is 312 g/mol. The molecule has 2 aliphatic rings. The minimum Gasteiger partial charge on any atom is -0.343 e. The van der Waals surface area contributed by atoms with E-state index in [4.69, 9.17) is 4.52 Å². The summed E-state index contributed by atoms with van der Waals surface area (Å²) in [6.45, 7) is 1.85. The Labute approximate surface area is 140 Å². The van der Waals surface area contributed by atoms with Gasteiger partial charge in [0.05, 0.1) is 0 Å². The van der Waals surface area contributed by atoms with E-state index in [1.807, 2.05) is 0 Å². The van der Waals surface area contributed by atoms with Crippen molar-refractivity contribution in [2.24, 2.45) is 0 Å². The average molecular weight is 334 g/mol. The SMILES string of the molecule is Cc1nc(C2(NC(=O)CCN3C(=O)CCC3=O)CCCCC2)no1. The molecule has 0 spiro atoms. The maximum atomic E-state index is 12.4. The van der Waals surface area contributed by atoms with Crippen LogP contribution in [0.5, 0.6) is 0 Å². The summed E-state index contributed by atoms with van der Waals surface area (Å²) >= 11 is 0. The minimum absolute atomic E-state index is 0.0933. The molecule has 1 aromatic rings. The molecular formula is C16H22N4O4. The molecule has 130 valence electrons. The second-order valence-corrected chi connectivity index (χ2v) is 6.52. The van der Waals surface area contributed by atoms with Crippen molar-refractivity contribution >= 4 is 17.7 Å². The Hall–Kier alpha value is -2.25. The van der Waals surface area contributed by atoms with E-state index in [2.05, 4.69) is 15.5 Å². The van der Waals surface area contributed by atoms with E-state index >= 15 is 0 Å². The first-order valence-electron chi connectivity index (χ1n) is 8.45. The first-order valence-corrected chi connectivity index (χ1v) is 8.45. The molecule has 0 unspecified atom stereocenters. The van der Waals surface area contributed by atoms with Crippen molar-refractivity contribution in [1.82, 2.24) is 20.4 Å². The summed E-state index contributed by atoms with van der Waals surface area (Å²) in [6.07, 6.45) is 5.19. The third-order valence-electron chi connectivity index (χ3n) is 4.76. The Morgan fingerprint density at radius 3 is 2.46 bits per heavy atom. The fourth-order valence-corrected chi connectivity index (χ4v) is 3.47. The van der Waals surface area contributed by atoms with Crippen molar-refractivity contribution in [3.63, 3.8) is 0 Å². The molecule has 1 aromatic heterocycles. The van der Waals surface area contributed by atoms with Crippen molar-refractivity contribution in [1.29, 1.82) is 0 Å². The number of hydrogen-bond acceptors (Lipinski definition) is 6. The summed E-state index contributed by atoms with van der Waals surface area (Å²) in [4.78, 5) is 41.1. The van der Waals surface area contributed by atoms with Gasteiger partial charge in [-0.15, -0.1) is 0 Å². The Kier molecular flexibility index (Phi) is 4.64. The van der Waals surface area contributed by atoms with Crippen molar-refractivity contribution in [2.75, 3.05) is 6.54 Å². The molecule has 8 nitrogen and oxygen atoms in total. The van der Waals surface area contributed by atoms with E-state index in [9.17, 15) is 14.4 Å². The highest BCUT2D eigenvalue weighted by atomic mass is 16.5. The van der Waals surface area contributed by atoms with Gasteiger partial charge in [0.25, 0.3) is 0 Å². The van der Waals surface area contributed by atoms with Crippen LogP contribution in [0, 0.1) is 6.92 Å². The lowest BCUT2D eigenvalue weighted by Crippen LogP contribution is -2.48. The van der Waals surface area contributed by atoms with E-state index < -0.39 is 5.54 Å². The second kappa shape index (κ2) is 6.70. The number of amides is 3. The number of nitrogens with one attached hydrogen (secondary N) is 1. The molecule has 0 aromatic carbocycles. The quantitative estimate of drug-likeness (QED) is 0.811. The molecule has 3 amide bonds. The number of nitrogens with zero attached hydrogens (tertiary/aromatic N) is 3. The van der Waals surface area contributed by atoms with Gasteiger partial charge >= 0.3 is 0 Å². The van der Waals surface area contributed by atoms with Crippen LogP contribution in [-0.4, -0.2) is 39.3 Å². The molecule has 1 saturated carbocycles. The number of imide groups is 1. The van der Waals surface area contributed by atoms with Crippen molar-refractivity contribution in [3.8, 4) is 0 Å². The van der Waals surface area contributed by atoms with Gasteiger partial charge in [-0.1, -0.05) is 24.4 Å². The van der Waals surface area contributed by atoms with Crippen LogP contribution in [-0.2, 0) is 19.9 Å². The van der Waals surface area contributed by atoms with Gasteiger partial charge in [0.15, 0.2) is 5.82 Å². The van der Waals surface area contributed by atoms with Crippen molar-refractivity contribution in [3.05, 3.63) is 11.7 Å². The molecule has 1 saturated heterocycles. The summed E-state index contributed by atoms with van der Waals surface area (Å²) in [7, 11) is 0. The molecule has 24 heavy (non-hydrogen) atoms. The van der Waals surface area contributed by atoms with Crippen LogP contribution in [0.3, 0.4) is 0 Å². The number of rotatable bonds is 5. The number of carbonyl (C=O) groups excluding carboxylic acids is 3. The minimum atomic E-state index is -0.605. The van der Waals surface area contributed by atoms with Crippen LogP contribution in [0.25, 0.3) is 0 Å². The monoisotopic (exact) mass is 334 g/mol. The van der Waals surface area contributed by atoms with Gasteiger partial charge in [0.1, 0.15) is 5.54 Å². The molecule has 3 rings (SSSR count). The van der Waals surface area contributed by atoms with E-state index in [1.165, 1.54) is 4.90 Å².